The monoisotopic (exact) mass is 481 g/mol. The lowest BCUT2D eigenvalue weighted by Crippen LogP contribution is -2.15. The lowest BCUT2D eigenvalue weighted by molar-refractivity contribution is -0.138. The van der Waals surface area contributed by atoms with Crippen molar-refractivity contribution >= 4 is 23.9 Å². The molecule has 0 saturated carbocycles. The Morgan fingerprint density at radius 3 is 2.00 bits per heavy atom. The predicted molar refractivity (Wildman–Crippen MR) is 131 cm³/mol. The minimum atomic E-state index is -0.908. The minimum absolute atomic E-state index is 0.0412. The van der Waals surface area contributed by atoms with Crippen LogP contribution in [0.2, 0.25) is 0 Å². The molecule has 0 bridgehead atoms. The number of aromatic amines is 2. The van der Waals surface area contributed by atoms with Gasteiger partial charge < -0.3 is 30.6 Å². The molecule has 9 heteroatoms. The van der Waals surface area contributed by atoms with Crippen LogP contribution in [-0.4, -0.2) is 43.1 Å². The number of nitrogens with one attached hydrogen (secondary N) is 3. The van der Waals surface area contributed by atoms with E-state index in [1.807, 2.05) is 26.8 Å². The number of hydrogen-bond donors (Lipinski definition) is 6. The summed E-state index contributed by atoms with van der Waals surface area (Å²) in [6.07, 6.45) is 4.27. The molecule has 9 nitrogen and oxygen atoms in total. The van der Waals surface area contributed by atoms with Crippen LogP contribution in [0.4, 0.5) is 0 Å². The van der Waals surface area contributed by atoms with Gasteiger partial charge in [-0.15, -0.1) is 0 Å². The highest BCUT2D eigenvalue weighted by molar-refractivity contribution is 6.03. The van der Waals surface area contributed by atoms with E-state index in [9.17, 15) is 24.6 Å². The van der Waals surface area contributed by atoms with Gasteiger partial charge in [0.2, 0.25) is 0 Å². The first-order chi connectivity index (χ1) is 16.6. The van der Waals surface area contributed by atoms with Crippen molar-refractivity contribution in [2.45, 2.75) is 59.5 Å². The number of H-pyrrole nitrogens is 2. The van der Waals surface area contributed by atoms with Crippen molar-refractivity contribution in [1.29, 1.82) is 0 Å². The molecule has 0 saturated heterocycles. The first-order valence-corrected chi connectivity index (χ1v) is 11.4. The molecule has 2 aromatic rings. The third kappa shape index (κ3) is 5.46. The number of carboxylic acid groups (broad SMARTS) is 2. The van der Waals surface area contributed by atoms with Crippen molar-refractivity contribution in [1.82, 2.24) is 15.3 Å². The van der Waals surface area contributed by atoms with E-state index in [2.05, 4.69) is 21.9 Å². The van der Waals surface area contributed by atoms with Crippen LogP contribution in [0.25, 0.3) is 6.08 Å². The number of allylic oxidation sites excluding steroid dienone is 1. The number of hydrogen-bond acceptors (Lipinski definition) is 4. The van der Waals surface area contributed by atoms with Crippen LogP contribution in [0.15, 0.2) is 29.5 Å². The van der Waals surface area contributed by atoms with Crippen LogP contribution >= 0.6 is 0 Å². The Balaban J connectivity index is 2.06. The lowest BCUT2D eigenvalue weighted by Gasteiger charge is -2.07. The summed E-state index contributed by atoms with van der Waals surface area (Å²) in [5.41, 5.74) is 8.28. The summed E-state index contributed by atoms with van der Waals surface area (Å²) in [4.78, 5) is 41.3. The molecule has 0 spiro atoms. The Kier molecular flexibility index (Phi) is 7.81. The molecule has 35 heavy (non-hydrogen) atoms. The van der Waals surface area contributed by atoms with E-state index < -0.39 is 11.9 Å². The van der Waals surface area contributed by atoms with Crippen LogP contribution in [0.3, 0.4) is 0 Å². The van der Waals surface area contributed by atoms with Gasteiger partial charge in [-0.2, -0.15) is 0 Å². The first-order valence-electron chi connectivity index (χ1n) is 11.4. The molecular formula is C26H31N3O6. The van der Waals surface area contributed by atoms with E-state index in [0.29, 0.717) is 36.2 Å². The van der Waals surface area contributed by atoms with Crippen molar-refractivity contribution in [3.8, 4) is 0 Å². The molecule has 2 aromatic heterocycles. The Bertz CT molecular complexity index is 1260. The summed E-state index contributed by atoms with van der Waals surface area (Å²) in [5, 5.41) is 31.0. The quantitative estimate of drug-likeness (QED) is 0.290. The normalized spacial score (nSPS) is 14.6. The average molecular weight is 482 g/mol. The average Bonchev–Trinajstić information content (AvgIpc) is 3.36. The van der Waals surface area contributed by atoms with Crippen LogP contribution < -0.4 is 5.32 Å². The maximum atomic E-state index is 12.2. The fourth-order valence-corrected chi connectivity index (χ4v) is 4.54. The van der Waals surface area contributed by atoms with Gasteiger partial charge in [0.1, 0.15) is 0 Å². The summed E-state index contributed by atoms with van der Waals surface area (Å²) in [6, 6.07) is 0. The molecule has 0 atom stereocenters. The molecule has 3 rings (SSSR count). The van der Waals surface area contributed by atoms with Gasteiger partial charge in [0.15, 0.2) is 0 Å². The van der Waals surface area contributed by atoms with Crippen LogP contribution in [-0.2, 0) is 40.3 Å². The van der Waals surface area contributed by atoms with Gasteiger partial charge >= 0.3 is 11.9 Å². The standard InChI is InChI=1S/C26H31N3O6/c1-5-16-13(2)20(29-26(16)35)10-19-14(3)17(6-8-24(31)32)21(27-19)11-22-18(7-9-25(33)34)15(4)23(12-30)28-22/h5,10,27-28,30H,1,6-9,11-12H2,2-4H3,(H,29,35)(H,31,32)(H,33,34)/b20-10-. The fraction of sp³-hybridized carbons (Fsp3) is 0.346. The second kappa shape index (κ2) is 10.6. The number of amides is 1. The van der Waals surface area contributed by atoms with E-state index in [0.717, 1.165) is 44.9 Å². The molecule has 186 valence electrons. The lowest BCUT2D eigenvalue weighted by atomic mass is 9.98. The maximum absolute atomic E-state index is 12.2. The van der Waals surface area contributed by atoms with Crippen LogP contribution in [0.1, 0.15) is 64.8 Å². The number of carboxylic acids is 2. The smallest absolute Gasteiger partial charge is 0.303 e. The van der Waals surface area contributed by atoms with Crippen LogP contribution in [0, 0.1) is 13.8 Å². The molecular weight excluding hydrogens is 450 g/mol. The SMILES string of the molecule is C=CC1=C(C)/C(=C/c2[nH]c(Cc3[nH]c(CO)c(C)c3CCC(=O)O)c(CCC(=O)O)c2C)NC1=O. The third-order valence-corrected chi connectivity index (χ3v) is 6.56. The van der Waals surface area contributed by atoms with Gasteiger partial charge in [0.25, 0.3) is 5.91 Å². The molecule has 0 radical (unpaired) electrons. The Hall–Kier alpha value is -3.85. The second-order valence-corrected chi connectivity index (χ2v) is 8.68. The minimum Gasteiger partial charge on any atom is -0.481 e. The molecule has 0 unspecified atom stereocenters. The van der Waals surface area contributed by atoms with E-state index in [1.54, 1.807) is 0 Å². The third-order valence-electron chi connectivity index (χ3n) is 6.56. The molecule has 3 heterocycles. The van der Waals surface area contributed by atoms with Gasteiger partial charge in [-0.3, -0.25) is 14.4 Å². The molecule has 6 N–H and O–H groups in total. The highest BCUT2D eigenvalue weighted by atomic mass is 16.4. The molecule has 0 aliphatic carbocycles. The zero-order valence-corrected chi connectivity index (χ0v) is 20.2. The van der Waals surface area contributed by atoms with E-state index >= 15 is 0 Å². The second-order valence-electron chi connectivity index (χ2n) is 8.68. The van der Waals surface area contributed by atoms with Crippen LogP contribution in [0.5, 0.6) is 0 Å². The number of aromatic nitrogens is 2. The van der Waals surface area contributed by atoms with Gasteiger partial charge in [-0.1, -0.05) is 12.7 Å². The zero-order chi connectivity index (χ0) is 25.9. The highest BCUT2D eigenvalue weighted by Crippen LogP contribution is 2.30. The van der Waals surface area contributed by atoms with Gasteiger partial charge in [-0.05, 0) is 67.5 Å². The first kappa shape index (κ1) is 25.8. The van der Waals surface area contributed by atoms with Crippen molar-refractivity contribution in [3.05, 3.63) is 74.5 Å². The van der Waals surface area contributed by atoms with E-state index in [1.165, 1.54) is 6.08 Å². The largest absolute Gasteiger partial charge is 0.481 e. The number of aliphatic carboxylic acids is 2. The zero-order valence-electron chi connectivity index (χ0n) is 20.2. The number of carbonyl (C=O) groups excluding carboxylic acids is 1. The highest BCUT2D eigenvalue weighted by Gasteiger charge is 2.24. The molecule has 0 aromatic carbocycles. The molecule has 1 aliphatic rings. The summed E-state index contributed by atoms with van der Waals surface area (Å²) in [6.45, 7) is 9.07. The van der Waals surface area contributed by atoms with Crippen molar-refractivity contribution in [3.63, 3.8) is 0 Å². The van der Waals surface area contributed by atoms with Crippen molar-refractivity contribution in [2.75, 3.05) is 0 Å². The number of aliphatic hydroxyl groups is 1. The molecule has 1 amide bonds. The summed E-state index contributed by atoms with van der Waals surface area (Å²) < 4.78 is 0. The number of carbonyl (C=O) groups is 3. The summed E-state index contributed by atoms with van der Waals surface area (Å²) in [5.74, 6) is -2.04. The molecule has 0 fully saturated rings. The summed E-state index contributed by atoms with van der Waals surface area (Å²) in [7, 11) is 0. The van der Waals surface area contributed by atoms with Crippen molar-refractivity contribution in [2.24, 2.45) is 0 Å². The Morgan fingerprint density at radius 2 is 1.49 bits per heavy atom. The summed E-state index contributed by atoms with van der Waals surface area (Å²) >= 11 is 0. The maximum Gasteiger partial charge on any atom is 0.303 e. The number of aliphatic hydroxyl groups excluding tert-OH is 1. The van der Waals surface area contributed by atoms with Gasteiger partial charge in [0, 0.05) is 53.3 Å². The number of rotatable bonds is 11. The van der Waals surface area contributed by atoms with Gasteiger partial charge in [-0.25, -0.2) is 0 Å². The topological polar surface area (TPSA) is 156 Å². The fourth-order valence-electron chi connectivity index (χ4n) is 4.54. The van der Waals surface area contributed by atoms with Crippen molar-refractivity contribution < 1.29 is 29.7 Å². The Labute approximate surface area is 203 Å². The molecule has 1 aliphatic heterocycles. The van der Waals surface area contributed by atoms with E-state index in [-0.39, 0.29) is 25.4 Å². The van der Waals surface area contributed by atoms with Gasteiger partial charge in [0.05, 0.1) is 6.61 Å². The Morgan fingerprint density at radius 1 is 0.914 bits per heavy atom. The predicted octanol–water partition coefficient (Wildman–Crippen LogP) is 3.05. The van der Waals surface area contributed by atoms with E-state index in [4.69, 9.17) is 5.11 Å².